The number of amides is 1. The second-order valence-electron chi connectivity index (χ2n) is 8.49. The van der Waals surface area contributed by atoms with E-state index in [1.54, 1.807) is 6.20 Å². The Bertz CT molecular complexity index is 903. The van der Waals surface area contributed by atoms with Gasteiger partial charge in [-0.05, 0) is 28.5 Å². The van der Waals surface area contributed by atoms with Gasteiger partial charge in [-0.25, -0.2) is 14.6 Å². The maximum absolute atomic E-state index is 11.6. The predicted molar refractivity (Wildman–Crippen MR) is 108 cm³/mol. The van der Waals surface area contributed by atoms with Crippen LogP contribution in [0.4, 0.5) is 4.79 Å². The van der Waals surface area contributed by atoms with Crippen LogP contribution >= 0.6 is 0 Å². The summed E-state index contributed by atoms with van der Waals surface area (Å²) in [5, 5.41) is 9.53. The Hall–Kier alpha value is -2.96. The molecule has 1 unspecified atom stereocenters. The third-order valence-corrected chi connectivity index (χ3v) is 5.44. The lowest BCUT2D eigenvalue weighted by atomic mass is 9.75. The van der Waals surface area contributed by atoms with Gasteiger partial charge in [-0.2, -0.15) is 0 Å². The molecule has 1 aromatic carbocycles. The van der Waals surface area contributed by atoms with Crippen LogP contribution in [0.1, 0.15) is 59.6 Å². The summed E-state index contributed by atoms with van der Waals surface area (Å²) in [4.78, 5) is 33.1. The molecule has 1 amide bonds. The quantitative estimate of drug-likeness (QED) is 0.797. The average molecular weight is 397 g/mol. The van der Waals surface area contributed by atoms with Crippen molar-refractivity contribution in [2.75, 3.05) is 20.2 Å². The third kappa shape index (κ3) is 4.72. The Morgan fingerprint density at radius 2 is 2.00 bits per heavy atom. The molecule has 0 saturated heterocycles. The van der Waals surface area contributed by atoms with Crippen molar-refractivity contribution in [1.29, 1.82) is 0 Å². The van der Waals surface area contributed by atoms with E-state index in [1.165, 1.54) is 29.3 Å². The van der Waals surface area contributed by atoms with Crippen molar-refractivity contribution in [2.24, 2.45) is 5.41 Å². The van der Waals surface area contributed by atoms with Gasteiger partial charge in [0.1, 0.15) is 0 Å². The maximum Gasteiger partial charge on any atom is 0.407 e. The Balaban J connectivity index is 1.86. The summed E-state index contributed by atoms with van der Waals surface area (Å²) in [5.74, 6) is -0.380. The zero-order chi connectivity index (χ0) is 21.2. The predicted octanol–water partition coefficient (Wildman–Crippen LogP) is 3.52. The summed E-state index contributed by atoms with van der Waals surface area (Å²) >= 11 is 0. The van der Waals surface area contributed by atoms with Crippen molar-refractivity contribution in [2.45, 2.75) is 39.5 Å². The Kier molecular flexibility index (Phi) is 5.86. The fourth-order valence-corrected chi connectivity index (χ4v) is 3.77. The van der Waals surface area contributed by atoms with E-state index in [4.69, 9.17) is 0 Å². The number of esters is 1. The van der Waals surface area contributed by atoms with E-state index < -0.39 is 12.1 Å². The third-order valence-electron chi connectivity index (χ3n) is 5.44. The van der Waals surface area contributed by atoms with E-state index in [9.17, 15) is 14.7 Å². The van der Waals surface area contributed by atoms with Gasteiger partial charge in [0, 0.05) is 31.6 Å². The van der Waals surface area contributed by atoms with E-state index in [1.807, 2.05) is 0 Å². The molecule has 3 rings (SSSR count). The van der Waals surface area contributed by atoms with Gasteiger partial charge in [0.05, 0.1) is 19.0 Å². The highest BCUT2D eigenvalue weighted by Gasteiger charge is 2.33. The molecule has 0 saturated carbocycles. The number of rotatable bonds is 3. The maximum atomic E-state index is 11.6. The number of fused-ring (bicyclic) bond motifs is 1. The molecule has 1 aromatic heterocycles. The summed E-state index contributed by atoms with van der Waals surface area (Å²) < 4.78 is 4.64. The molecule has 1 atom stereocenters. The number of carboxylic acid groups (broad SMARTS) is 1. The van der Waals surface area contributed by atoms with Crippen LogP contribution in [0.15, 0.2) is 30.6 Å². The molecule has 2 aromatic rings. The first-order valence-electron chi connectivity index (χ1n) is 9.68. The largest absolute Gasteiger partial charge is 0.465 e. The van der Waals surface area contributed by atoms with Crippen molar-refractivity contribution in [1.82, 2.24) is 14.9 Å². The number of nitrogens with zero attached hydrogens (tertiary/aromatic N) is 3. The van der Waals surface area contributed by atoms with Crippen LogP contribution in [0.2, 0.25) is 0 Å². The average Bonchev–Trinajstić information content (AvgIpc) is 2.87. The monoisotopic (exact) mass is 397 g/mol. The first kappa shape index (κ1) is 20.8. The van der Waals surface area contributed by atoms with Gasteiger partial charge in [0.15, 0.2) is 5.69 Å². The number of ether oxygens (including phenoxy) is 1. The summed E-state index contributed by atoms with van der Waals surface area (Å²) in [6.07, 6.45) is 3.42. The first-order chi connectivity index (χ1) is 13.7. The smallest absolute Gasteiger partial charge is 0.407 e. The number of hydrogen-bond donors (Lipinski definition) is 1. The topological polar surface area (TPSA) is 92.6 Å². The summed E-state index contributed by atoms with van der Waals surface area (Å²) in [6.45, 7) is 7.45. The molecule has 7 nitrogen and oxygen atoms in total. The molecular weight excluding hydrogens is 370 g/mol. The molecule has 29 heavy (non-hydrogen) atoms. The first-order valence-corrected chi connectivity index (χ1v) is 9.68. The summed E-state index contributed by atoms with van der Waals surface area (Å²) in [6, 6.07) is 6.35. The zero-order valence-electron chi connectivity index (χ0n) is 17.3. The lowest BCUT2D eigenvalue weighted by molar-refractivity contribution is 0.0593. The molecule has 0 bridgehead atoms. The Labute approximate surface area is 170 Å². The molecule has 154 valence electrons. The molecule has 7 heteroatoms. The zero-order valence-corrected chi connectivity index (χ0v) is 17.3. The van der Waals surface area contributed by atoms with E-state index >= 15 is 0 Å². The van der Waals surface area contributed by atoms with Crippen molar-refractivity contribution in [3.05, 3.63) is 58.7 Å². The summed E-state index contributed by atoms with van der Waals surface area (Å²) in [5.41, 5.74) is 4.37. The fourth-order valence-electron chi connectivity index (χ4n) is 3.77. The van der Waals surface area contributed by atoms with Gasteiger partial charge in [0.2, 0.25) is 0 Å². The highest BCUT2D eigenvalue weighted by Crippen LogP contribution is 2.39. The standard InChI is InChI=1S/C22H27N3O4/c1-22(2,3)18-13-25(21(27)28)8-7-15-9-14(5-6-17(15)18)10-16-11-24-19(12-23-16)20(26)29-4/h5-6,9,11-12,18H,7-8,10,13H2,1-4H3,(H,27,28). The number of hydrogen-bond acceptors (Lipinski definition) is 5. The molecule has 0 aliphatic carbocycles. The molecule has 0 fully saturated rings. The van der Waals surface area contributed by atoms with Crippen LogP contribution in [0.3, 0.4) is 0 Å². The lowest BCUT2D eigenvalue weighted by Crippen LogP contribution is -2.36. The van der Waals surface area contributed by atoms with E-state index in [0.717, 1.165) is 11.3 Å². The number of methoxy groups -OCH3 is 1. The second kappa shape index (κ2) is 8.19. The normalized spacial score (nSPS) is 16.7. The highest BCUT2D eigenvalue weighted by molar-refractivity contribution is 5.86. The van der Waals surface area contributed by atoms with Gasteiger partial charge in [-0.15, -0.1) is 0 Å². The Morgan fingerprint density at radius 3 is 2.59 bits per heavy atom. The number of carbonyl (C=O) groups is 2. The van der Waals surface area contributed by atoms with Crippen molar-refractivity contribution < 1.29 is 19.4 Å². The molecule has 2 heterocycles. The number of benzene rings is 1. The molecule has 1 aliphatic rings. The number of carbonyl (C=O) groups excluding carboxylic acids is 1. The SMILES string of the molecule is COC(=O)c1cnc(Cc2ccc3c(c2)CCN(C(=O)O)CC3C(C)(C)C)cn1. The van der Waals surface area contributed by atoms with Gasteiger partial charge < -0.3 is 14.7 Å². The van der Waals surface area contributed by atoms with Gasteiger partial charge in [-0.3, -0.25) is 4.98 Å². The van der Waals surface area contributed by atoms with Gasteiger partial charge in [-0.1, -0.05) is 39.0 Å². The molecule has 0 spiro atoms. The molecule has 0 radical (unpaired) electrons. The second-order valence-corrected chi connectivity index (χ2v) is 8.49. The van der Waals surface area contributed by atoms with Crippen LogP contribution in [-0.2, 0) is 17.6 Å². The molecule has 1 aliphatic heterocycles. The minimum Gasteiger partial charge on any atom is -0.465 e. The van der Waals surface area contributed by atoms with Crippen LogP contribution in [-0.4, -0.2) is 52.2 Å². The Morgan fingerprint density at radius 1 is 1.24 bits per heavy atom. The van der Waals surface area contributed by atoms with Crippen LogP contribution in [0.5, 0.6) is 0 Å². The lowest BCUT2D eigenvalue weighted by Gasteiger charge is -2.33. The van der Waals surface area contributed by atoms with Gasteiger partial charge in [0.25, 0.3) is 0 Å². The van der Waals surface area contributed by atoms with E-state index in [0.29, 0.717) is 25.9 Å². The van der Waals surface area contributed by atoms with Gasteiger partial charge >= 0.3 is 12.1 Å². The van der Waals surface area contributed by atoms with E-state index in [-0.39, 0.29) is 17.0 Å². The van der Waals surface area contributed by atoms with Crippen molar-refractivity contribution in [3.8, 4) is 0 Å². The minimum atomic E-state index is -0.867. The van der Waals surface area contributed by atoms with E-state index in [2.05, 4.69) is 53.7 Å². The van der Waals surface area contributed by atoms with Crippen LogP contribution < -0.4 is 0 Å². The highest BCUT2D eigenvalue weighted by atomic mass is 16.5. The molecule has 1 N–H and O–H groups in total. The van der Waals surface area contributed by atoms with Crippen LogP contribution in [0.25, 0.3) is 0 Å². The summed E-state index contributed by atoms with van der Waals surface area (Å²) in [7, 11) is 1.31. The number of aromatic nitrogens is 2. The molecular formula is C22H27N3O4. The van der Waals surface area contributed by atoms with Crippen molar-refractivity contribution >= 4 is 12.1 Å². The van der Waals surface area contributed by atoms with Crippen molar-refractivity contribution in [3.63, 3.8) is 0 Å². The fraction of sp³-hybridized carbons (Fsp3) is 0.455. The minimum absolute atomic E-state index is 0.0521. The van der Waals surface area contributed by atoms with Crippen LogP contribution in [0, 0.1) is 5.41 Å².